The van der Waals surface area contributed by atoms with E-state index in [2.05, 4.69) is 24.1 Å². The Kier molecular flexibility index (Phi) is 4.54. The monoisotopic (exact) mass is 213 g/mol. The molecule has 15 heavy (non-hydrogen) atoms. The van der Waals surface area contributed by atoms with Gasteiger partial charge in [-0.15, -0.1) is 0 Å². The van der Waals surface area contributed by atoms with Crippen molar-refractivity contribution in [3.8, 4) is 0 Å². The highest BCUT2D eigenvalue weighted by Gasteiger charge is 2.29. The van der Waals surface area contributed by atoms with Crippen molar-refractivity contribution in [2.75, 3.05) is 40.3 Å². The average molecular weight is 213 g/mol. The number of carbonyl (C=O) groups is 1. The van der Waals surface area contributed by atoms with Crippen LogP contribution in [0.5, 0.6) is 0 Å². The van der Waals surface area contributed by atoms with Crippen molar-refractivity contribution in [3.63, 3.8) is 0 Å². The summed E-state index contributed by atoms with van der Waals surface area (Å²) >= 11 is 0. The van der Waals surface area contributed by atoms with E-state index >= 15 is 0 Å². The quantitative estimate of drug-likeness (QED) is 0.714. The first-order valence-corrected chi connectivity index (χ1v) is 5.67. The molecule has 1 rings (SSSR count). The number of hydrogen-bond donors (Lipinski definition) is 1. The Morgan fingerprint density at radius 1 is 1.53 bits per heavy atom. The van der Waals surface area contributed by atoms with Gasteiger partial charge >= 0.3 is 0 Å². The largest absolute Gasteiger partial charge is 0.339 e. The Labute approximate surface area is 92.6 Å². The highest BCUT2D eigenvalue weighted by Crippen LogP contribution is 2.10. The minimum Gasteiger partial charge on any atom is -0.339 e. The number of piperazine rings is 1. The molecule has 0 aliphatic carbocycles. The van der Waals surface area contributed by atoms with E-state index < -0.39 is 0 Å². The van der Waals surface area contributed by atoms with Crippen molar-refractivity contribution in [3.05, 3.63) is 0 Å². The predicted molar refractivity (Wildman–Crippen MR) is 61.8 cm³/mol. The van der Waals surface area contributed by atoms with Crippen molar-refractivity contribution in [1.29, 1.82) is 0 Å². The summed E-state index contributed by atoms with van der Waals surface area (Å²) in [4.78, 5) is 15.9. The molecule has 0 saturated carbocycles. The minimum atomic E-state index is 0.238. The zero-order valence-corrected chi connectivity index (χ0v) is 10.3. The van der Waals surface area contributed by atoms with Crippen molar-refractivity contribution in [2.45, 2.75) is 19.9 Å². The van der Waals surface area contributed by atoms with E-state index in [0.717, 1.165) is 19.6 Å². The molecule has 1 saturated heterocycles. The molecule has 1 atom stereocenters. The Morgan fingerprint density at radius 2 is 2.20 bits per heavy atom. The maximum Gasteiger partial charge on any atom is 0.236 e. The molecule has 1 N–H and O–H groups in total. The third-order valence-corrected chi connectivity index (χ3v) is 2.83. The van der Waals surface area contributed by atoms with Crippen LogP contribution in [0.2, 0.25) is 0 Å². The lowest BCUT2D eigenvalue weighted by Gasteiger charge is -2.39. The van der Waals surface area contributed by atoms with Crippen molar-refractivity contribution < 1.29 is 4.79 Å². The van der Waals surface area contributed by atoms with Crippen LogP contribution in [0.1, 0.15) is 13.8 Å². The summed E-state index contributed by atoms with van der Waals surface area (Å²) in [6.07, 6.45) is 0. The van der Waals surface area contributed by atoms with Gasteiger partial charge in [-0.2, -0.15) is 0 Å². The lowest BCUT2D eigenvalue weighted by molar-refractivity contribution is -0.137. The molecular formula is C11H23N3O. The number of likely N-dealkylation sites (N-methyl/N-ethyl adjacent to an activating group) is 2. The van der Waals surface area contributed by atoms with E-state index in [1.165, 1.54) is 0 Å². The molecule has 1 aliphatic heterocycles. The van der Waals surface area contributed by atoms with Crippen molar-refractivity contribution in [2.24, 2.45) is 5.92 Å². The number of amides is 1. The summed E-state index contributed by atoms with van der Waals surface area (Å²) in [7, 11) is 3.83. The molecule has 1 unspecified atom stereocenters. The molecule has 0 spiro atoms. The minimum absolute atomic E-state index is 0.238. The second kappa shape index (κ2) is 5.47. The van der Waals surface area contributed by atoms with E-state index in [-0.39, 0.29) is 5.91 Å². The van der Waals surface area contributed by atoms with Gasteiger partial charge in [0.1, 0.15) is 0 Å². The Morgan fingerprint density at radius 3 is 2.73 bits per heavy atom. The normalized spacial score (nSPS) is 23.9. The van der Waals surface area contributed by atoms with Gasteiger partial charge in [0.05, 0.1) is 12.6 Å². The van der Waals surface area contributed by atoms with Crippen LogP contribution >= 0.6 is 0 Å². The van der Waals surface area contributed by atoms with Crippen molar-refractivity contribution in [1.82, 2.24) is 15.1 Å². The van der Waals surface area contributed by atoms with Crippen LogP contribution in [0.4, 0.5) is 0 Å². The van der Waals surface area contributed by atoms with Gasteiger partial charge in [0, 0.05) is 26.7 Å². The second-order valence-electron chi connectivity index (χ2n) is 4.80. The van der Waals surface area contributed by atoms with E-state index in [1.54, 1.807) is 0 Å². The van der Waals surface area contributed by atoms with Gasteiger partial charge in [-0.05, 0) is 13.0 Å². The Bertz CT molecular complexity index is 218. The molecule has 0 radical (unpaired) electrons. The maximum absolute atomic E-state index is 11.7. The SMILES string of the molecule is CNCC1CN(CC(C)C)CC(=O)N1C. The van der Waals surface area contributed by atoms with Crippen LogP contribution in [-0.2, 0) is 4.79 Å². The fourth-order valence-corrected chi connectivity index (χ4v) is 2.08. The van der Waals surface area contributed by atoms with Gasteiger partial charge in [0.15, 0.2) is 0 Å². The molecule has 0 aromatic rings. The van der Waals surface area contributed by atoms with Crippen LogP contribution in [0, 0.1) is 5.92 Å². The zero-order valence-electron chi connectivity index (χ0n) is 10.3. The number of carbonyl (C=O) groups excluding carboxylic acids is 1. The molecule has 0 aromatic carbocycles. The highest BCUT2D eigenvalue weighted by atomic mass is 16.2. The summed E-state index contributed by atoms with van der Waals surface area (Å²) in [5, 5.41) is 3.14. The molecular weight excluding hydrogens is 190 g/mol. The Hall–Kier alpha value is -0.610. The zero-order chi connectivity index (χ0) is 11.4. The van der Waals surface area contributed by atoms with E-state index in [4.69, 9.17) is 0 Å². The van der Waals surface area contributed by atoms with E-state index in [0.29, 0.717) is 18.5 Å². The third kappa shape index (κ3) is 3.47. The summed E-state index contributed by atoms with van der Waals surface area (Å²) in [6, 6.07) is 0.315. The molecule has 1 fully saturated rings. The van der Waals surface area contributed by atoms with Crippen LogP contribution in [0.15, 0.2) is 0 Å². The molecule has 1 heterocycles. The first-order chi connectivity index (χ1) is 7.04. The summed E-state index contributed by atoms with van der Waals surface area (Å²) in [5.41, 5.74) is 0. The predicted octanol–water partition coefficient (Wildman–Crippen LogP) is 0.00440. The number of hydrogen-bond acceptors (Lipinski definition) is 3. The van der Waals surface area contributed by atoms with Crippen LogP contribution < -0.4 is 5.32 Å². The summed E-state index contributed by atoms with van der Waals surface area (Å²) < 4.78 is 0. The topological polar surface area (TPSA) is 35.6 Å². The molecule has 4 heteroatoms. The van der Waals surface area contributed by atoms with Gasteiger partial charge in [-0.1, -0.05) is 13.8 Å². The number of nitrogens with zero attached hydrogens (tertiary/aromatic N) is 2. The number of nitrogens with one attached hydrogen (secondary N) is 1. The Balaban J connectivity index is 2.54. The summed E-state index contributed by atoms with van der Waals surface area (Å²) in [5.74, 6) is 0.860. The average Bonchev–Trinajstić information content (AvgIpc) is 2.12. The summed E-state index contributed by atoms with van der Waals surface area (Å²) in [6.45, 7) is 7.83. The fraction of sp³-hybridized carbons (Fsp3) is 0.909. The van der Waals surface area contributed by atoms with Gasteiger partial charge in [-0.3, -0.25) is 9.69 Å². The lowest BCUT2D eigenvalue weighted by atomic mass is 10.1. The van der Waals surface area contributed by atoms with Crippen LogP contribution in [0.3, 0.4) is 0 Å². The van der Waals surface area contributed by atoms with E-state index in [9.17, 15) is 4.79 Å². The molecule has 88 valence electrons. The third-order valence-electron chi connectivity index (χ3n) is 2.83. The van der Waals surface area contributed by atoms with Crippen molar-refractivity contribution >= 4 is 5.91 Å². The van der Waals surface area contributed by atoms with Gasteiger partial charge < -0.3 is 10.2 Å². The second-order valence-corrected chi connectivity index (χ2v) is 4.80. The molecule has 1 amide bonds. The molecule has 0 aromatic heterocycles. The van der Waals surface area contributed by atoms with Gasteiger partial charge in [-0.25, -0.2) is 0 Å². The number of rotatable bonds is 4. The maximum atomic E-state index is 11.7. The fourth-order valence-electron chi connectivity index (χ4n) is 2.08. The molecule has 0 bridgehead atoms. The first kappa shape index (κ1) is 12.5. The van der Waals surface area contributed by atoms with Crippen LogP contribution in [0.25, 0.3) is 0 Å². The standard InChI is InChI=1S/C11H23N3O/c1-9(2)6-14-7-10(5-12-3)13(4)11(15)8-14/h9-10,12H,5-8H2,1-4H3. The molecule has 4 nitrogen and oxygen atoms in total. The van der Waals surface area contributed by atoms with Crippen LogP contribution in [-0.4, -0.2) is 62.0 Å². The van der Waals surface area contributed by atoms with Gasteiger partial charge in [0.25, 0.3) is 0 Å². The first-order valence-electron chi connectivity index (χ1n) is 5.67. The van der Waals surface area contributed by atoms with Gasteiger partial charge in [0.2, 0.25) is 5.91 Å². The highest BCUT2D eigenvalue weighted by molar-refractivity contribution is 5.79. The van der Waals surface area contributed by atoms with E-state index in [1.807, 2.05) is 19.0 Å². The molecule has 1 aliphatic rings. The lowest BCUT2D eigenvalue weighted by Crippen LogP contribution is -2.58. The smallest absolute Gasteiger partial charge is 0.236 e.